The van der Waals surface area contributed by atoms with E-state index in [2.05, 4.69) is 9.73 Å². The number of hydroxylamine groups is 1. The molecule has 0 aromatic rings. The molecule has 92 valence electrons. The smallest absolute Gasteiger partial charge is 0.364 e. The minimum Gasteiger partial charge on any atom is -0.469 e. The zero-order chi connectivity index (χ0) is 12.8. The molecule has 0 fully saturated rings. The lowest BCUT2D eigenvalue weighted by molar-refractivity contribution is -0.139. The van der Waals surface area contributed by atoms with Crippen LogP contribution in [0.25, 0.3) is 0 Å². The molecule has 0 spiro atoms. The van der Waals surface area contributed by atoms with Gasteiger partial charge < -0.3 is 4.74 Å². The maximum absolute atomic E-state index is 11.1. The van der Waals surface area contributed by atoms with Crippen LogP contribution in [0.1, 0.15) is 12.8 Å². The summed E-state index contributed by atoms with van der Waals surface area (Å²) in [5.74, 6) is -0.392. The first-order valence-electron chi connectivity index (χ1n) is 4.71. The summed E-state index contributed by atoms with van der Waals surface area (Å²) in [6.07, 6.45) is 3.45. The molecule has 6 nitrogen and oxygen atoms in total. The van der Waals surface area contributed by atoms with Gasteiger partial charge in [-0.15, -0.1) is 0 Å². The van der Waals surface area contributed by atoms with Crippen molar-refractivity contribution in [2.45, 2.75) is 12.8 Å². The number of nitrogens with one attached hydrogen (secondary N) is 1. The summed E-state index contributed by atoms with van der Waals surface area (Å²) in [5, 5.41) is 8.72. The standard InChI is InChI=1S/C10H11ClN2O4/c1-17-9(14)4-6-2-3-7(5-8(6)11)12-10(15)13-16/h2-3,16H,4-5H2,1H3,(H,13,15). The quantitative estimate of drug-likeness (QED) is 0.447. The molecule has 0 saturated carbocycles. The van der Waals surface area contributed by atoms with E-state index in [1.54, 1.807) is 12.2 Å². The number of nitrogens with zero attached hydrogens (tertiary/aromatic N) is 1. The molecule has 1 aliphatic carbocycles. The number of urea groups is 1. The van der Waals surface area contributed by atoms with Gasteiger partial charge in [-0.3, -0.25) is 10.0 Å². The van der Waals surface area contributed by atoms with Crippen molar-refractivity contribution in [1.29, 1.82) is 0 Å². The van der Waals surface area contributed by atoms with Gasteiger partial charge in [0.1, 0.15) is 0 Å². The number of methoxy groups -OCH3 is 1. The summed E-state index contributed by atoms with van der Waals surface area (Å²) < 4.78 is 4.52. The van der Waals surface area contributed by atoms with Gasteiger partial charge in [0, 0.05) is 11.5 Å². The SMILES string of the molecule is COC(=O)CC1=C(Cl)CC(=NC(=O)NO)C=C1. The number of hydrogen-bond acceptors (Lipinski definition) is 4. The van der Waals surface area contributed by atoms with E-state index in [1.165, 1.54) is 12.6 Å². The monoisotopic (exact) mass is 258 g/mol. The molecule has 0 heterocycles. The van der Waals surface area contributed by atoms with Gasteiger partial charge in [0.05, 0.1) is 19.2 Å². The van der Waals surface area contributed by atoms with E-state index < -0.39 is 12.0 Å². The molecular weight excluding hydrogens is 248 g/mol. The third-order valence-electron chi connectivity index (χ3n) is 2.06. The first-order valence-corrected chi connectivity index (χ1v) is 5.08. The Balaban J connectivity index is 2.74. The van der Waals surface area contributed by atoms with Crippen molar-refractivity contribution in [2.24, 2.45) is 4.99 Å². The van der Waals surface area contributed by atoms with Crippen LogP contribution in [0.15, 0.2) is 27.7 Å². The molecule has 0 aromatic carbocycles. The van der Waals surface area contributed by atoms with Crippen molar-refractivity contribution >= 4 is 29.3 Å². The fraction of sp³-hybridized carbons (Fsp3) is 0.300. The lowest BCUT2D eigenvalue weighted by atomic mass is 10.0. The van der Waals surface area contributed by atoms with Crippen LogP contribution in [0.5, 0.6) is 0 Å². The van der Waals surface area contributed by atoms with Crippen molar-refractivity contribution in [1.82, 2.24) is 5.48 Å². The number of ether oxygens (including phenoxy) is 1. The van der Waals surface area contributed by atoms with Crippen molar-refractivity contribution in [3.05, 3.63) is 22.8 Å². The molecule has 7 heteroatoms. The zero-order valence-corrected chi connectivity index (χ0v) is 9.82. The lowest BCUT2D eigenvalue weighted by Gasteiger charge is -2.11. The number of esters is 1. The Kier molecular flexibility index (Phi) is 4.86. The molecule has 1 rings (SSSR count). The molecule has 0 atom stereocenters. The van der Waals surface area contributed by atoms with Crippen LogP contribution >= 0.6 is 11.6 Å². The molecule has 2 N–H and O–H groups in total. The number of carbonyl (C=O) groups excluding carboxylic acids is 2. The second-order valence-corrected chi connectivity index (χ2v) is 3.67. The van der Waals surface area contributed by atoms with E-state index in [1.807, 2.05) is 0 Å². The summed E-state index contributed by atoms with van der Waals surface area (Å²) >= 11 is 5.95. The van der Waals surface area contributed by atoms with Gasteiger partial charge in [-0.2, -0.15) is 4.99 Å². The van der Waals surface area contributed by atoms with Gasteiger partial charge in [0.25, 0.3) is 0 Å². The molecule has 1 aliphatic rings. The minimum atomic E-state index is -0.870. The van der Waals surface area contributed by atoms with Crippen LogP contribution in [0.3, 0.4) is 0 Å². The number of rotatable bonds is 2. The average Bonchev–Trinajstić information content (AvgIpc) is 2.32. The summed E-state index contributed by atoms with van der Waals surface area (Å²) in [7, 11) is 1.29. The Hall–Kier alpha value is -1.66. The zero-order valence-electron chi connectivity index (χ0n) is 9.07. The molecule has 0 unspecified atom stereocenters. The molecule has 0 aromatic heterocycles. The largest absolute Gasteiger partial charge is 0.469 e. The molecule has 17 heavy (non-hydrogen) atoms. The third kappa shape index (κ3) is 4.01. The number of allylic oxidation sites excluding steroid dienone is 3. The van der Waals surface area contributed by atoms with Crippen LogP contribution < -0.4 is 5.48 Å². The predicted octanol–water partition coefficient (Wildman–Crippen LogP) is 1.54. The van der Waals surface area contributed by atoms with Crippen molar-refractivity contribution in [3.63, 3.8) is 0 Å². The fourth-order valence-electron chi connectivity index (χ4n) is 1.23. The highest BCUT2D eigenvalue weighted by Crippen LogP contribution is 2.23. The highest BCUT2D eigenvalue weighted by molar-refractivity contribution is 6.33. The predicted molar refractivity (Wildman–Crippen MR) is 61.0 cm³/mol. The lowest BCUT2D eigenvalue weighted by Crippen LogP contribution is -2.16. The second-order valence-electron chi connectivity index (χ2n) is 3.21. The first kappa shape index (κ1) is 13.4. The number of hydrogen-bond donors (Lipinski definition) is 2. The first-order chi connectivity index (χ1) is 8.06. The average molecular weight is 259 g/mol. The van der Waals surface area contributed by atoms with E-state index in [4.69, 9.17) is 16.8 Å². The summed E-state index contributed by atoms with van der Waals surface area (Å²) in [6.45, 7) is 0. The van der Waals surface area contributed by atoms with Crippen LogP contribution in [0.2, 0.25) is 0 Å². The number of halogens is 1. The van der Waals surface area contributed by atoms with E-state index in [0.717, 1.165) is 0 Å². The van der Waals surface area contributed by atoms with Crippen LogP contribution in [0.4, 0.5) is 4.79 Å². The van der Waals surface area contributed by atoms with Gasteiger partial charge in [-0.05, 0) is 11.6 Å². The maximum Gasteiger partial charge on any atom is 0.364 e. The molecule has 0 aliphatic heterocycles. The molecule has 0 bridgehead atoms. The maximum atomic E-state index is 11.1. The van der Waals surface area contributed by atoms with E-state index >= 15 is 0 Å². The van der Waals surface area contributed by atoms with Gasteiger partial charge in [0.15, 0.2) is 0 Å². The van der Waals surface area contributed by atoms with Gasteiger partial charge >= 0.3 is 12.0 Å². The summed E-state index contributed by atoms with van der Waals surface area (Å²) in [6, 6.07) is -0.870. The van der Waals surface area contributed by atoms with Crippen LogP contribution in [-0.2, 0) is 9.53 Å². The number of amides is 2. The van der Waals surface area contributed by atoms with Crippen LogP contribution in [0, 0.1) is 0 Å². The Morgan fingerprint density at radius 2 is 2.29 bits per heavy atom. The van der Waals surface area contributed by atoms with Crippen LogP contribution in [-0.4, -0.2) is 30.0 Å². The van der Waals surface area contributed by atoms with Gasteiger partial charge in [-0.25, -0.2) is 10.3 Å². The van der Waals surface area contributed by atoms with Crippen molar-refractivity contribution in [2.75, 3.05) is 7.11 Å². The topological polar surface area (TPSA) is 88.0 Å². The van der Waals surface area contributed by atoms with Gasteiger partial charge in [-0.1, -0.05) is 17.7 Å². The molecule has 0 radical (unpaired) electrons. The highest BCUT2D eigenvalue weighted by Gasteiger charge is 2.14. The Bertz CT molecular complexity index is 426. The number of aliphatic imine (C=N–C) groups is 1. The van der Waals surface area contributed by atoms with E-state index in [9.17, 15) is 9.59 Å². The van der Waals surface area contributed by atoms with E-state index in [-0.39, 0.29) is 12.8 Å². The Morgan fingerprint density at radius 3 is 2.82 bits per heavy atom. The highest BCUT2D eigenvalue weighted by atomic mass is 35.5. The fourth-order valence-corrected chi connectivity index (χ4v) is 1.50. The minimum absolute atomic E-state index is 0.0747. The van der Waals surface area contributed by atoms with Gasteiger partial charge in [0.2, 0.25) is 0 Å². The van der Waals surface area contributed by atoms with Crippen molar-refractivity contribution < 1.29 is 19.5 Å². The molecule has 2 amide bonds. The van der Waals surface area contributed by atoms with Crippen molar-refractivity contribution in [3.8, 4) is 0 Å². The summed E-state index contributed by atoms with van der Waals surface area (Å²) in [4.78, 5) is 25.4. The molecular formula is C10H11ClN2O4. The second kappa shape index (κ2) is 6.17. The molecule has 0 saturated heterocycles. The third-order valence-corrected chi connectivity index (χ3v) is 2.44. The Morgan fingerprint density at radius 1 is 1.59 bits per heavy atom. The normalized spacial score (nSPS) is 17.2. The number of carbonyl (C=O) groups is 2. The van der Waals surface area contributed by atoms with E-state index in [0.29, 0.717) is 16.3 Å². The Labute approximate surface area is 103 Å². The summed E-state index contributed by atoms with van der Waals surface area (Å²) in [5.41, 5.74) is 2.41.